The lowest BCUT2D eigenvalue weighted by molar-refractivity contribution is 0.0891. The van der Waals surface area contributed by atoms with E-state index in [2.05, 4.69) is 4.98 Å². The zero-order chi connectivity index (χ0) is 14.8. The van der Waals surface area contributed by atoms with Gasteiger partial charge in [-0.3, -0.25) is 9.59 Å². The fourth-order valence-electron chi connectivity index (χ4n) is 2.11. The van der Waals surface area contributed by atoms with Gasteiger partial charge in [0.1, 0.15) is 18.9 Å². The molecule has 0 bridgehead atoms. The van der Waals surface area contributed by atoms with E-state index in [-0.39, 0.29) is 18.0 Å². The molecule has 1 aliphatic heterocycles. The second-order valence-electron chi connectivity index (χ2n) is 4.81. The van der Waals surface area contributed by atoms with Gasteiger partial charge in [0.15, 0.2) is 23.1 Å². The molecule has 6 heteroatoms. The fraction of sp³-hybridized carbons (Fsp3) is 0.267. The van der Waals surface area contributed by atoms with E-state index in [1.54, 1.807) is 36.0 Å². The minimum absolute atomic E-state index is 0.212. The zero-order valence-electron chi connectivity index (χ0n) is 11.5. The van der Waals surface area contributed by atoms with Crippen LogP contribution in [-0.2, 0) is 7.05 Å². The molecular weight excluding hydrogens is 272 g/mol. The molecule has 0 aliphatic carbocycles. The molecule has 0 saturated heterocycles. The highest BCUT2D eigenvalue weighted by Gasteiger charge is 2.18. The Morgan fingerprint density at radius 1 is 1.19 bits per heavy atom. The maximum Gasteiger partial charge on any atom is 0.190 e. The Morgan fingerprint density at radius 3 is 2.67 bits per heavy atom. The van der Waals surface area contributed by atoms with Crippen molar-refractivity contribution < 1.29 is 19.1 Å². The number of hydrogen-bond acceptors (Lipinski definition) is 5. The molecule has 0 radical (unpaired) electrons. The van der Waals surface area contributed by atoms with E-state index >= 15 is 0 Å². The lowest BCUT2D eigenvalue weighted by atomic mass is 10.0. The van der Waals surface area contributed by atoms with E-state index in [1.165, 1.54) is 6.33 Å². The van der Waals surface area contributed by atoms with Gasteiger partial charge in [-0.15, -0.1) is 0 Å². The molecule has 1 aromatic carbocycles. The summed E-state index contributed by atoms with van der Waals surface area (Å²) in [5.41, 5.74) is 0.729. The van der Waals surface area contributed by atoms with E-state index in [0.29, 0.717) is 36.0 Å². The van der Waals surface area contributed by atoms with Crippen molar-refractivity contribution in [3.8, 4) is 11.5 Å². The molecule has 1 aromatic heterocycles. The number of nitrogens with zero attached hydrogens (tertiary/aromatic N) is 2. The predicted octanol–water partition coefficient (Wildman–Crippen LogP) is 1.65. The smallest absolute Gasteiger partial charge is 0.190 e. The van der Waals surface area contributed by atoms with Crippen LogP contribution < -0.4 is 9.47 Å². The van der Waals surface area contributed by atoms with Crippen molar-refractivity contribution in [2.24, 2.45) is 7.05 Å². The Hall–Kier alpha value is -2.63. The fourth-order valence-corrected chi connectivity index (χ4v) is 2.11. The van der Waals surface area contributed by atoms with Gasteiger partial charge in [0.25, 0.3) is 0 Å². The molecule has 0 fully saturated rings. The third-order valence-electron chi connectivity index (χ3n) is 3.18. The van der Waals surface area contributed by atoms with Gasteiger partial charge in [0.2, 0.25) is 0 Å². The Balaban J connectivity index is 1.75. The first-order valence-electron chi connectivity index (χ1n) is 6.57. The number of hydrogen-bond donors (Lipinski definition) is 0. The van der Waals surface area contributed by atoms with Crippen LogP contribution in [0, 0.1) is 0 Å². The predicted molar refractivity (Wildman–Crippen MR) is 73.9 cm³/mol. The van der Waals surface area contributed by atoms with Crippen LogP contribution in [0.1, 0.15) is 27.3 Å². The summed E-state index contributed by atoms with van der Waals surface area (Å²) in [7, 11) is 1.77. The van der Waals surface area contributed by atoms with Gasteiger partial charge in [-0.05, 0) is 18.2 Å². The maximum atomic E-state index is 12.2. The molecule has 3 rings (SSSR count). The lowest BCUT2D eigenvalue weighted by Gasteiger charge is -2.18. The highest BCUT2D eigenvalue weighted by molar-refractivity contribution is 6.13. The van der Waals surface area contributed by atoms with Gasteiger partial charge in [0, 0.05) is 18.8 Å². The molecule has 0 amide bonds. The second kappa shape index (κ2) is 5.40. The number of aromatic nitrogens is 2. The van der Waals surface area contributed by atoms with Crippen molar-refractivity contribution in [2.45, 2.75) is 6.42 Å². The van der Waals surface area contributed by atoms with Crippen LogP contribution in [0.3, 0.4) is 0 Å². The average molecular weight is 286 g/mol. The van der Waals surface area contributed by atoms with E-state index < -0.39 is 0 Å². The van der Waals surface area contributed by atoms with Crippen molar-refractivity contribution in [3.63, 3.8) is 0 Å². The average Bonchev–Trinajstić information content (AvgIpc) is 2.93. The normalized spacial score (nSPS) is 13.0. The lowest BCUT2D eigenvalue weighted by Crippen LogP contribution is -2.16. The summed E-state index contributed by atoms with van der Waals surface area (Å²) in [5.74, 6) is 0.601. The third-order valence-corrected chi connectivity index (χ3v) is 3.18. The van der Waals surface area contributed by atoms with E-state index in [0.717, 1.165) is 0 Å². The minimum Gasteiger partial charge on any atom is -0.486 e. The molecule has 108 valence electrons. The van der Waals surface area contributed by atoms with Crippen LogP contribution in [0.15, 0.2) is 30.7 Å². The second-order valence-corrected chi connectivity index (χ2v) is 4.81. The maximum absolute atomic E-state index is 12.2. The van der Waals surface area contributed by atoms with Crippen molar-refractivity contribution in [2.75, 3.05) is 13.2 Å². The van der Waals surface area contributed by atoms with Gasteiger partial charge >= 0.3 is 0 Å². The zero-order valence-corrected chi connectivity index (χ0v) is 11.5. The van der Waals surface area contributed by atoms with E-state index in [1.807, 2.05) is 0 Å². The van der Waals surface area contributed by atoms with Crippen molar-refractivity contribution >= 4 is 11.6 Å². The number of imidazole rings is 1. The molecule has 0 unspecified atom stereocenters. The number of ketones is 2. The number of carbonyl (C=O) groups excluding carboxylic acids is 2. The Morgan fingerprint density at radius 2 is 1.95 bits per heavy atom. The Kier molecular flexibility index (Phi) is 3.43. The SMILES string of the molecule is Cn1cnc(C(=O)CC(=O)c2ccc3c(c2)OCCO3)c1. The molecule has 2 aromatic rings. The van der Waals surface area contributed by atoms with Gasteiger partial charge in [0.05, 0.1) is 12.7 Å². The van der Waals surface area contributed by atoms with Crippen LogP contribution in [0.2, 0.25) is 0 Å². The Labute approximate surface area is 121 Å². The van der Waals surface area contributed by atoms with Gasteiger partial charge in [-0.25, -0.2) is 4.98 Å². The summed E-state index contributed by atoms with van der Waals surface area (Å²) in [6.45, 7) is 0.954. The number of benzene rings is 1. The summed E-state index contributed by atoms with van der Waals surface area (Å²) in [4.78, 5) is 28.1. The molecule has 2 heterocycles. The van der Waals surface area contributed by atoms with E-state index in [9.17, 15) is 9.59 Å². The highest BCUT2D eigenvalue weighted by Crippen LogP contribution is 2.31. The summed E-state index contributed by atoms with van der Waals surface area (Å²) >= 11 is 0. The van der Waals surface area contributed by atoms with Crippen molar-refractivity contribution in [1.29, 1.82) is 0 Å². The topological polar surface area (TPSA) is 70.4 Å². The first kappa shape index (κ1) is 13.4. The third kappa shape index (κ3) is 2.79. The van der Waals surface area contributed by atoms with Crippen LogP contribution >= 0.6 is 0 Å². The van der Waals surface area contributed by atoms with Crippen molar-refractivity contribution in [3.05, 3.63) is 42.0 Å². The standard InChI is InChI=1S/C15H14N2O4/c1-17-8-11(16-9-17)13(19)7-12(18)10-2-3-14-15(6-10)21-5-4-20-14/h2-3,6,8-9H,4-5,7H2,1H3. The number of aryl methyl sites for hydroxylation is 1. The minimum atomic E-state index is -0.296. The van der Waals surface area contributed by atoms with Gasteiger partial charge < -0.3 is 14.0 Å². The summed E-state index contributed by atoms with van der Waals surface area (Å²) in [6.07, 6.45) is 2.91. The molecule has 0 spiro atoms. The molecule has 6 nitrogen and oxygen atoms in total. The molecule has 0 N–H and O–H groups in total. The summed E-state index contributed by atoms with van der Waals surface area (Å²) in [6, 6.07) is 4.94. The number of rotatable bonds is 4. The monoisotopic (exact) mass is 286 g/mol. The highest BCUT2D eigenvalue weighted by atomic mass is 16.6. The summed E-state index contributed by atoms with van der Waals surface area (Å²) < 4.78 is 12.5. The number of ether oxygens (including phenoxy) is 2. The van der Waals surface area contributed by atoms with Gasteiger partial charge in [-0.1, -0.05) is 0 Å². The molecule has 0 atom stereocenters. The summed E-state index contributed by atoms with van der Waals surface area (Å²) in [5, 5.41) is 0. The van der Waals surface area contributed by atoms with E-state index in [4.69, 9.17) is 9.47 Å². The quantitative estimate of drug-likeness (QED) is 0.631. The largest absolute Gasteiger partial charge is 0.486 e. The molecular formula is C15H14N2O4. The van der Waals surface area contributed by atoms with Crippen LogP contribution in [0.4, 0.5) is 0 Å². The van der Waals surface area contributed by atoms with Gasteiger partial charge in [-0.2, -0.15) is 0 Å². The first-order valence-corrected chi connectivity index (χ1v) is 6.57. The van der Waals surface area contributed by atoms with Crippen LogP contribution in [0.5, 0.6) is 11.5 Å². The van der Waals surface area contributed by atoms with Crippen molar-refractivity contribution in [1.82, 2.24) is 9.55 Å². The molecule has 1 aliphatic rings. The van der Waals surface area contributed by atoms with Crippen LogP contribution in [-0.4, -0.2) is 34.3 Å². The Bertz CT molecular complexity index is 705. The number of fused-ring (bicyclic) bond motifs is 1. The molecule has 21 heavy (non-hydrogen) atoms. The number of Topliss-reactive ketones (excluding diaryl/α,β-unsaturated/α-hetero) is 2. The van der Waals surface area contributed by atoms with Crippen LogP contribution in [0.25, 0.3) is 0 Å². The number of carbonyl (C=O) groups is 2. The molecule has 0 saturated carbocycles. The first-order chi connectivity index (χ1) is 10.1.